The van der Waals surface area contributed by atoms with E-state index in [9.17, 15) is 4.79 Å². The maximum atomic E-state index is 12.6. The molecule has 0 saturated heterocycles. The Labute approximate surface area is 134 Å². The number of carbonyl (C=O) groups excluding carboxylic acids is 1. The Hall–Kier alpha value is -1.71. The maximum Gasteiger partial charge on any atom is 0.254 e. The lowest BCUT2D eigenvalue weighted by molar-refractivity contribution is 0.0752. The van der Waals surface area contributed by atoms with Gasteiger partial charge in [0.2, 0.25) is 0 Å². The molecule has 3 nitrogen and oxygen atoms in total. The van der Waals surface area contributed by atoms with Crippen molar-refractivity contribution in [2.45, 2.75) is 13.5 Å². The standard InChI is InChI=1S/C16H16Cl2N2O/c1-2-20(10-11-6-4-3-5-7-11)16(21)12-8-13(17)15(18)14(19)9-12/h3-9H,2,10,19H2,1H3. The van der Waals surface area contributed by atoms with Gasteiger partial charge in [-0.25, -0.2) is 0 Å². The van der Waals surface area contributed by atoms with Gasteiger partial charge in [0.05, 0.1) is 15.7 Å². The first-order valence-corrected chi connectivity index (χ1v) is 7.36. The molecule has 0 bridgehead atoms. The fourth-order valence-electron chi connectivity index (χ4n) is 2.05. The fourth-order valence-corrected chi connectivity index (χ4v) is 2.38. The van der Waals surface area contributed by atoms with Gasteiger partial charge in [-0.2, -0.15) is 0 Å². The normalized spacial score (nSPS) is 10.4. The van der Waals surface area contributed by atoms with Crippen molar-refractivity contribution in [3.63, 3.8) is 0 Å². The highest BCUT2D eigenvalue weighted by Crippen LogP contribution is 2.30. The van der Waals surface area contributed by atoms with Crippen LogP contribution < -0.4 is 5.73 Å². The third-order valence-corrected chi connectivity index (χ3v) is 4.01. The summed E-state index contributed by atoms with van der Waals surface area (Å²) >= 11 is 11.9. The number of hydrogen-bond donors (Lipinski definition) is 1. The zero-order valence-corrected chi connectivity index (χ0v) is 13.2. The average Bonchev–Trinajstić information content (AvgIpc) is 2.50. The molecule has 0 aliphatic rings. The lowest BCUT2D eigenvalue weighted by atomic mass is 10.1. The molecule has 0 spiro atoms. The van der Waals surface area contributed by atoms with Crippen molar-refractivity contribution in [1.29, 1.82) is 0 Å². The summed E-state index contributed by atoms with van der Waals surface area (Å²) in [6.07, 6.45) is 0. The van der Waals surface area contributed by atoms with Crippen LogP contribution in [0.15, 0.2) is 42.5 Å². The molecular formula is C16H16Cl2N2O. The summed E-state index contributed by atoms with van der Waals surface area (Å²) < 4.78 is 0. The van der Waals surface area contributed by atoms with Crippen molar-refractivity contribution < 1.29 is 4.79 Å². The molecule has 2 rings (SSSR count). The minimum absolute atomic E-state index is 0.119. The average molecular weight is 323 g/mol. The molecule has 110 valence electrons. The van der Waals surface area contributed by atoms with E-state index >= 15 is 0 Å². The number of anilines is 1. The smallest absolute Gasteiger partial charge is 0.254 e. The molecule has 0 aliphatic carbocycles. The van der Waals surface area contributed by atoms with Gasteiger partial charge in [-0.05, 0) is 24.6 Å². The molecule has 0 radical (unpaired) electrons. The van der Waals surface area contributed by atoms with Gasteiger partial charge in [0, 0.05) is 18.7 Å². The van der Waals surface area contributed by atoms with Crippen molar-refractivity contribution in [2.24, 2.45) is 0 Å². The largest absolute Gasteiger partial charge is 0.397 e. The summed E-state index contributed by atoms with van der Waals surface area (Å²) in [5, 5.41) is 0.565. The Balaban J connectivity index is 2.24. The summed E-state index contributed by atoms with van der Waals surface area (Å²) in [4.78, 5) is 14.3. The van der Waals surface area contributed by atoms with Gasteiger partial charge in [-0.15, -0.1) is 0 Å². The molecule has 2 aromatic rings. The SMILES string of the molecule is CCN(Cc1ccccc1)C(=O)c1cc(N)c(Cl)c(Cl)c1. The van der Waals surface area contributed by atoms with Gasteiger partial charge < -0.3 is 10.6 Å². The van der Waals surface area contributed by atoms with Crippen LogP contribution in [-0.4, -0.2) is 17.4 Å². The van der Waals surface area contributed by atoms with Crippen molar-refractivity contribution in [1.82, 2.24) is 4.90 Å². The number of nitrogens with two attached hydrogens (primary N) is 1. The molecule has 5 heteroatoms. The second-order valence-electron chi connectivity index (χ2n) is 4.67. The first-order valence-electron chi connectivity index (χ1n) is 6.60. The minimum atomic E-state index is -0.119. The van der Waals surface area contributed by atoms with Gasteiger partial charge in [0.25, 0.3) is 5.91 Å². The van der Waals surface area contributed by atoms with E-state index < -0.39 is 0 Å². The number of benzene rings is 2. The molecule has 0 heterocycles. The van der Waals surface area contributed by atoms with Crippen LogP contribution in [0.3, 0.4) is 0 Å². The van der Waals surface area contributed by atoms with Crippen LogP contribution in [0.5, 0.6) is 0 Å². The summed E-state index contributed by atoms with van der Waals surface area (Å²) in [6.45, 7) is 3.06. The quantitative estimate of drug-likeness (QED) is 0.856. The molecular weight excluding hydrogens is 307 g/mol. The van der Waals surface area contributed by atoms with Gasteiger partial charge >= 0.3 is 0 Å². The number of hydrogen-bond acceptors (Lipinski definition) is 2. The summed E-state index contributed by atoms with van der Waals surface area (Å²) in [6, 6.07) is 12.9. The molecule has 0 saturated carbocycles. The van der Waals surface area contributed by atoms with Crippen LogP contribution in [0.25, 0.3) is 0 Å². The summed E-state index contributed by atoms with van der Waals surface area (Å²) in [7, 11) is 0. The first-order chi connectivity index (χ1) is 10.0. The number of nitrogen functional groups attached to an aromatic ring is 1. The van der Waals surface area contributed by atoms with Gasteiger partial charge in [0.15, 0.2) is 0 Å². The Bertz CT molecular complexity index is 621. The first kappa shape index (κ1) is 15.7. The molecule has 0 aromatic heterocycles. The van der Waals surface area contributed by atoms with E-state index in [4.69, 9.17) is 28.9 Å². The molecule has 1 amide bonds. The highest BCUT2D eigenvalue weighted by atomic mass is 35.5. The van der Waals surface area contributed by atoms with E-state index in [0.29, 0.717) is 24.3 Å². The van der Waals surface area contributed by atoms with Crippen LogP contribution in [0, 0.1) is 0 Å². The Morgan fingerprint density at radius 1 is 1.19 bits per heavy atom. The van der Waals surface area contributed by atoms with E-state index in [1.54, 1.807) is 17.0 Å². The van der Waals surface area contributed by atoms with E-state index in [-0.39, 0.29) is 16.0 Å². The Kier molecular flexibility index (Phi) is 5.10. The molecule has 0 fully saturated rings. The highest BCUT2D eigenvalue weighted by Gasteiger charge is 2.17. The van der Waals surface area contributed by atoms with Crippen LogP contribution in [0.2, 0.25) is 10.0 Å². The van der Waals surface area contributed by atoms with Gasteiger partial charge in [0.1, 0.15) is 0 Å². The molecule has 0 aliphatic heterocycles. The monoisotopic (exact) mass is 322 g/mol. The van der Waals surface area contributed by atoms with Crippen molar-refractivity contribution >= 4 is 34.8 Å². The second-order valence-corrected chi connectivity index (χ2v) is 5.45. The van der Waals surface area contributed by atoms with Crippen LogP contribution in [0.1, 0.15) is 22.8 Å². The molecule has 2 aromatic carbocycles. The lowest BCUT2D eigenvalue weighted by Gasteiger charge is -2.21. The van der Waals surface area contributed by atoms with Crippen LogP contribution >= 0.6 is 23.2 Å². The second kappa shape index (κ2) is 6.83. The predicted molar refractivity (Wildman–Crippen MR) is 87.7 cm³/mol. The zero-order chi connectivity index (χ0) is 15.4. The van der Waals surface area contributed by atoms with E-state index in [0.717, 1.165) is 5.56 Å². The van der Waals surface area contributed by atoms with E-state index in [2.05, 4.69) is 0 Å². The van der Waals surface area contributed by atoms with E-state index in [1.165, 1.54) is 0 Å². The summed E-state index contributed by atoms with van der Waals surface area (Å²) in [5.41, 5.74) is 7.59. The van der Waals surface area contributed by atoms with Crippen LogP contribution in [-0.2, 0) is 6.54 Å². The molecule has 0 unspecified atom stereocenters. The molecule has 0 atom stereocenters. The van der Waals surface area contributed by atoms with Crippen molar-refractivity contribution in [3.8, 4) is 0 Å². The minimum Gasteiger partial charge on any atom is -0.397 e. The third-order valence-electron chi connectivity index (χ3n) is 3.19. The Morgan fingerprint density at radius 3 is 2.43 bits per heavy atom. The number of carbonyl (C=O) groups is 1. The number of amides is 1. The summed E-state index contributed by atoms with van der Waals surface area (Å²) in [5.74, 6) is -0.119. The number of halogens is 2. The fraction of sp³-hybridized carbons (Fsp3) is 0.188. The lowest BCUT2D eigenvalue weighted by Crippen LogP contribution is -2.30. The Morgan fingerprint density at radius 2 is 1.86 bits per heavy atom. The van der Waals surface area contributed by atoms with Gasteiger partial charge in [-0.1, -0.05) is 53.5 Å². The molecule has 21 heavy (non-hydrogen) atoms. The molecule has 2 N–H and O–H groups in total. The van der Waals surface area contributed by atoms with Crippen LogP contribution in [0.4, 0.5) is 5.69 Å². The van der Waals surface area contributed by atoms with E-state index in [1.807, 2.05) is 37.3 Å². The number of nitrogens with zero attached hydrogens (tertiary/aromatic N) is 1. The van der Waals surface area contributed by atoms with Crippen molar-refractivity contribution in [2.75, 3.05) is 12.3 Å². The highest BCUT2D eigenvalue weighted by molar-refractivity contribution is 6.43. The predicted octanol–water partition coefficient (Wildman–Crippen LogP) is 4.24. The zero-order valence-electron chi connectivity index (χ0n) is 11.6. The topological polar surface area (TPSA) is 46.3 Å². The maximum absolute atomic E-state index is 12.6. The third kappa shape index (κ3) is 3.69. The van der Waals surface area contributed by atoms with Gasteiger partial charge in [-0.3, -0.25) is 4.79 Å². The van der Waals surface area contributed by atoms with Crippen molar-refractivity contribution in [3.05, 3.63) is 63.6 Å². The number of rotatable bonds is 4.